The average Bonchev–Trinajstić information content (AvgIpc) is 2.97. The zero-order valence-corrected chi connectivity index (χ0v) is 17.2. The molecule has 2 aromatic rings. The van der Waals surface area contributed by atoms with Gasteiger partial charge in [-0.3, -0.25) is 15.0 Å². The predicted octanol–water partition coefficient (Wildman–Crippen LogP) is 4.41. The van der Waals surface area contributed by atoms with Crippen molar-refractivity contribution in [2.75, 3.05) is 0 Å². The van der Waals surface area contributed by atoms with Crippen LogP contribution in [0.5, 0.6) is 5.75 Å². The van der Waals surface area contributed by atoms with Crippen LogP contribution in [0.2, 0.25) is 0 Å². The summed E-state index contributed by atoms with van der Waals surface area (Å²) in [5.74, 6) is -0.0493. The number of para-hydroxylation sites is 1. The van der Waals surface area contributed by atoms with Crippen molar-refractivity contribution in [3.8, 4) is 5.75 Å². The number of carbonyl (C=O) groups is 2. The Balaban J connectivity index is 1.79. The van der Waals surface area contributed by atoms with Crippen LogP contribution >= 0.6 is 24.0 Å². The summed E-state index contributed by atoms with van der Waals surface area (Å²) < 4.78 is 6.21. The van der Waals surface area contributed by atoms with Crippen molar-refractivity contribution >= 4 is 46.2 Å². The van der Waals surface area contributed by atoms with Gasteiger partial charge in [0.2, 0.25) is 0 Å². The van der Waals surface area contributed by atoms with E-state index in [1.165, 1.54) is 0 Å². The van der Waals surface area contributed by atoms with Gasteiger partial charge in [-0.25, -0.2) is 0 Å². The number of nitrogens with one attached hydrogen (secondary N) is 1. The van der Waals surface area contributed by atoms with Crippen LogP contribution in [-0.4, -0.2) is 27.2 Å². The van der Waals surface area contributed by atoms with Gasteiger partial charge in [-0.15, -0.1) is 0 Å². The van der Waals surface area contributed by atoms with Gasteiger partial charge in [-0.05, 0) is 49.8 Å². The lowest BCUT2D eigenvalue weighted by molar-refractivity contribution is -0.123. The van der Waals surface area contributed by atoms with Crippen molar-refractivity contribution < 1.29 is 14.3 Å². The fraction of sp³-hybridized carbons (Fsp3) is 0.190. The lowest BCUT2D eigenvalue weighted by Gasteiger charge is -2.16. The third-order valence-corrected chi connectivity index (χ3v) is 5.45. The Kier molecular flexibility index (Phi) is 6.49. The quantitative estimate of drug-likeness (QED) is 0.563. The lowest BCUT2D eigenvalue weighted by atomic mass is 10.1. The van der Waals surface area contributed by atoms with Crippen molar-refractivity contribution in [3.05, 3.63) is 70.6 Å². The van der Waals surface area contributed by atoms with E-state index in [4.69, 9.17) is 17.0 Å². The molecule has 1 aliphatic rings. The smallest absolute Gasteiger partial charge is 0.285 e. The minimum absolute atomic E-state index is 0.0641. The molecule has 0 radical (unpaired) electrons. The lowest BCUT2D eigenvalue weighted by Crippen LogP contribution is -2.44. The van der Waals surface area contributed by atoms with E-state index in [2.05, 4.69) is 5.43 Å². The zero-order valence-electron chi connectivity index (χ0n) is 15.5. The Bertz CT molecular complexity index is 928. The first-order valence-electron chi connectivity index (χ1n) is 8.89. The van der Waals surface area contributed by atoms with Crippen molar-refractivity contribution in [2.24, 2.45) is 0 Å². The highest BCUT2D eigenvalue weighted by Gasteiger charge is 2.34. The summed E-state index contributed by atoms with van der Waals surface area (Å²) in [5, 5.41) is 1.11. The molecule has 2 amide bonds. The highest BCUT2D eigenvalue weighted by molar-refractivity contribution is 8.26. The first-order valence-corrected chi connectivity index (χ1v) is 10.1. The molecule has 1 fully saturated rings. The van der Waals surface area contributed by atoms with E-state index in [9.17, 15) is 9.59 Å². The molecule has 7 heteroatoms. The Hall–Kier alpha value is -2.64. The number of rotatable bonds is 6. The van der Waals surface area contributed by atoms with Gasteiger partial charge in [0.1, 0.15) is 5.75 Å². The van der Waals surface area contributed by atoms with E-state index in [0.717, 1.165) is 28.8 Å². The fourth-order valence-corrected chi connectivity index (χ4v) is 3.64. The molecule has 144 valence electrons. The molecule has 0 aliphatic carbocycles. The summed E-state index contributed by atoms with van der Waals surface area (Å²) in [6.07, 6.45) is 2.68. The number of amides is 2. The van der Waals surface area contributed by atoms with Crippen LogP contribution in [0.3, 0.4) is 0 Å². The van der Waals surface area contributed by atoms with Crippen molar-refractivity contribution in [3.63, 3.8) is 0 Å². The van der Waals surface area contributed by atoms with Crippen LogP contribution in [-0.2, 0) is 4.79 Å². The van der Waals surface area contributed by atoms with Crippen LogP contribution in [0.4, 0.5) is 0 Å². The number of carbonyl (C=O) groups excluding carboxylic acids is 2. The molecule has 5 nitrogen and oxygen atoms in total. The second-order valence-corrected chi connectivity index (χ2v) is 7.87. The molecular formula is C21H20N2O3S2. The Morgan fingerprint density at radius 2 is 1.89 bits per heavy atom. The molecule has 2 aromatic carbocycles. The number of hydrogen-bond acceptors (Lipinski definition) is 5. The number of hydrazine groups is 1. The number of nitrogens with zero attached hydrogens (tertiary/aromatic N) is 1. The molecule has 0 spiro atoms. The highest BCUT2D eigenvalue weighted by Crippen LogP contribution is 2.33. The summed E-state index contributed by atoms with van der Waals surface area (Å²) in [6, 6.07) is 16.2. The average molecular weight is 413 g/mol. The van der Waals surface area contributed by atoms with Gasteiger partial charge >= 0.3 is 0 Å². The predicted molar refractivity (Wildman–Crippen MR) is 116 cm³/mol. The van der Waals surface area contributed by atoms with Gasteiger partial charge in [-0.2, -0.15) is 5.01 Å². The van der Waals surface area contributed by atoms with Crippen molar-refractivity contribution in [1.29, 1.82) is 0 Å². The van der Waals surface area contributed by atoms with Crippen LogP contribution in [0, 0.1) is 0 Å². The third-order valence-electron chi connectivity index (χ3n) is 4.15. The van der Waals surface area contributed by atoms with E-state index < -0.39 is 5.91 Å². The normalized spacial score (nSPS) is 16.4. The summed E-state index contributed by atoms with van der Waals surface area (Å²) in [5.41, 5.74) is 3.82. The Morgan fingerprint density at radius 1 is 1.21 bits per heavy atom. The molecular weight excluding hydrogens is 392 g/mol. The van der Waals surface area contributed by atoms with E-state index >= 15 is 0 Å². The number of thioether (sulfide) groups is 1. The van der Waals surface area contributed by atoms with Gasteiger partial charge in [0.25, 0.3) is 11.8 Å². The fourth-order valence-electron chi connectivity index (χ4n) is 2.47. The second kappa shape index (κ2) is 9.03. The molecule has 0 aromatic heterocycles. The van der Waals surface area contributed by atoms with Gasteiger partial charge < -0.3 is 4.74 Å². The van der Waals surface area contributed by atoms with Crippen LogP contribution in [0.15, 0.2) is 59.5 Å². The van der Waals surface area contributed by atoms with E-state index in [1.807, 2.05) is 44.2 Å². The molecule has 0 saturated carbocycles. The van der Waals surface area contributed by atoms with E-state index in [-0.39, 0.29) is 16.3 Å². The maximum Gasteiger partial charge on any atom is 0.285 e. The molecule has 1 saturated heterocycles. The monoisotopic (exact) mass is 412 g/mol. The van der Waals surface area contributed by atoms with Crippen LogP contribution in [0.1, 0.15) is 36.2 Å². The Morgan fingerprint density at radius 3 is 2.61 bits per heavy atom. The number of thiocarbonyl (C=S) groups is 1. The van der Waals surface area contributed by atoms with E-state index in [0.29, 0.717) is 16.2 Å². The molecule has 1 unspecified atom stereocenters. The Labute approximate surface area is 173 Å². The molecule has 1 atom stereocenters. The van der Waals surface area contributed by atoms with Crippen LogP contribution < -0.4 is 10.2 Å². The molecule has 0 bridgehead atoms. The summed E-state index contributed by atoms with van der Waals surface area (Å²) in [6.45, 7) is 4.04. The minimum atomic E-state index is -0.390. The number of hydrogen-bond donors (Lipinski definition) is 1. The number of ether oxygens (including phenoxy) is 1. The summed E-state index contributed by atoms with van der Waals surface area (Å²) in [7, 11) is 0. The van der Waals surface area contributed by atoms with Crippen LogP contribution in [0.25, 0.3) is 6.08 Å². The largest absolute Gasteiger partial charge is 0.490 e. The number of benzene rings is 2. The maximum atomic E-state index is 12.8. The van der Waals surface area contributed by atoms with Gasteiger partial charge in [0.05, 0.1) is 11.0 Å². The van der Waals surface area contributed by atoms with Gasteiger partial charge in [-0.1, -0.05) is 55.1 Å². The molecule has 1 heterocycles. The van der Waals surface area contributed by atoms with Crippen molar-refractivity contribution in [2.45, 2.75) is 26.4 Å². The maximum absolute atomic E-state index is 12.8. The molecule has 28 heavy (non-hydrogen) atoms. The third kappa shape index (κ3) is 4.61. The first-order chi connectivity index (χ1) is 13.5. The molecule has 1 aliphatic heterocycles. The molecule has 1 N–H and O–H groups in total. The summed E-state index contributed by atoms with van der Waals surface area (Å²) >= 11 is 6.43. The summed E-state index contributed by atoms with van der Waals surface area (Å²) in [4.78, 5) is 25.6. The second-order valence-electron chi connectivity index (χ2n) is 6.20. The topological polar surface area (TPSA) is 58.6 Å². The van der Waals surface area contributed by atoms with Crippen molar-refractivity contribution in [1.82, 2.24) is 10.4 Å². The minimum Gasteiger partial charge on any atom is -0.490 e. The highest BCUT2D eigenvalue weighted by atomic mass is 32.2. The van der Waals surface area contributed by atoms with Gasteiger partial charge in [0.15, 0.2) is 4.32 Å². The SMILES string of the molecule is CCC(C)Oc1ccccc1/C=C1\SC(=S)N(NC(=O)c2ccccc2)C1=O. The van der Waals surface area contributed by atoms with E-state index in [1.54, 1.807) is 30.3 Å². The zero-order chi connectivity index (χ0) is 20.1. The first kappa shape index (κ1) is 20.1. The standard InChI is InChI=1S/C21H20N2O3S2/c1-3-14(2)26-17-12-8-7-11-16(17)13-18-20(25)23(21(27)28-18)22-19(24)15-9-5-4-6-10-15/h4-14H,3H2,1-2H3,(H,22,24)/b18-13-. The van der Waals surface area contributed by atoms with Gasteiger partial charge in [0, 0.05) is 11.1 Å². The molecule has 3 rings (SSSR count).